The van der Waals surface area contributed by atoms with Crippen LogP contribution in [0.15, 0.2) is 34.9 Å². The lowest BCUT2D eigenvalue weighted by Gasteiger charge is -2.15. The maximum Gasteiger partial charge on any atom is 0.327 e. The Bertz CT molecular complexity index is 767. The zero-order valence-electron chi connectivity index (χ0n) is 12.2. The van der Waals surface area contributed by atoms with E-state index < -0.39 is 0 Å². The van der Waals surface area contributed by atoms with E-state index in [2.05, 4.69) is 4.98 Å². The van der Waals surface area contributed by atoms with Crippen LogP contribution in [0.4, 0.5) is 9.18 Å². The van der Waals surface area contributed by atoms with E-state index in [-0.39, 0.29) is 36.9 Å². The number of hydrogen-bond acceptors (Lipinski definition) is 4. The van der Waals surface area contributed by atoms with E-state index in [1.807, 2.05) is 0 Å². The first-order chi connectivity index (χ1) is 11.1. The van der Waals surface area contributed by atoms with Crippen LogP contribution in [0.5, 0.6) is 0 Å². The molecule has 1 aromatic heterocycles. The molecule has 0 atom stereocenters. The van der Waals surface area contributed by atoms with Crippen molar-refractivity contribution in [1.29, 1.82) is 0 Å². The number of nitrogens with zero attached hydrogens (tertiary/aromatic N) is 3. The summed E-state index contributed by atoms with van der Waals surface area (Å²) in [5, 5.41) is 0. The molecule has 1 aliphatic heterocycles. The zero-order valence-corrected chi connectivity index (χ0v) is 12.2. The van der Waals surface area contributed by atoms with Gasteiger partial charge in [0.1, 0.15) is 18.6 Å². The van der Waals surface area contributed by atoms with Crippen LogP contribution < -0.4 is 0 Å². The van der Waals surface area contributed by atoms with Crippen LogP contribution in [0.2, 0.25) is 0 Å². The molecule has 23 heavy (non-hydrogen) atoms. The van der Waals surface area contributed by atoms with Gasteiger partial charge in [-0.1, -0.05) is 0 Å². The standard InChI is InChI=1S/C16H14FN3O3/c17-11-3-1-10(2-4-11)15-18-12(9-23-15)7-20-14(21)8-19(16(20)22)13-5-6-13/h1-4,9,13H,5-8H2. The van der Waals surface area contributed by atoms with Gasteiger partial charge in [-0.3, -0.25) is 9.69 Å². The second-order valence-electron chi connectivity index (χ2n) is 5.77. The predicted molar refractivity (Wildman–Crippen MR) is 77.6 cm³/mol. The summed E-state index contributed by atoms with van der Waals surface area (Å²) in [5.74, 6) is -0.222. The van der Waals surface area contributed by atoms with Gasteiger partial charge >= 0.3 is 6.03 Å². The van der Waals surface area contributed by atoms with Crippen LogP contribution in [0.3, 0.4) is 0 Å². The fraction of sp³-hybridized carbons (Fsp3) is 0.312. The molecule has 3 amide bonds. The molecule has 0 spiro atoms. The number of urea groups is 1. The molecule has 0 radical (unpaired) electrons. The molecule has 2 aliphatic rings. The van der Waals surface area contributed by atoms with Gasteiger partial charge in [-0.25, -0.2) is 14.2 Å². The highest BCUT2D eigenvalue weighted by Crippen LogP contribution is 2.31. The largest absolute Gasteiger partial charge is 0.444 e. The molecule has 7 heteroatoms. The lowest BCUT2D eigenvalue weighted by Crippen LogP contribution is -2.33. The molecule has 0 unspecified atom stereocenters. The maximum atomic E-state index is 12.9. The average Bonchev–Trinajstić information content (AvgIpc) is 3.22. The predicted octanol–water partition coefficient (Wildman–Crippen LogP) is 2.41. The van der Waals surface area contributed by atoms with Crippen molar-refractivity contribution in [2.75, 3.05) is 6.54 Å². The first-order valence-corrected chi connectivity index (χ1v) is 7.43. The lowest BCUT2D eigenvalue weighted by atomic mass is 10.2. The minimum atomic E-state index is -0.339. The van der Waals surface area contributed by atoms with Crippen LogP contribution in [0, 0.1) is 5.82 Å². The Morgan fingerprint density at radius 1 is 1.22 bits per heavy atom. The van der Waals surface area contributed by atoms with Crippen molar-refractivity contribution in [2.45, 2.75) is 25.4 Å². The fourth-order valence-electron chi connectivity index (χ4n) is 2.65. The first kappa shape index (κ1) is 13.9. The molecule has 118 valence electrons. The summed E-state index contributed by atoms with van der Waals surface area (Å²) >= 11 is 0. The van der Waals surface area contributed by atoms with E-state index in [4.69, 9.17) is 4.42 Å². The molecule has 4 rings (SSSR count). The molecule has 1 aliphatic carbocycles. The van der Waals surface area contributed by atoms with Crippen LogP contribution in [-0.4, -0.2) is 39.3 Å². The van der Waals surface area contributed by atoms with E-state index in [1.54, 1.807) is 17.0 Å². The summed E-state index contributed by atoms with van der Waals surface area (Å²) in [6.07, 6.45) is 3.34. The molecular formula is C16H14FN3O3. The minimum absolute atomic E-state index is 0.0889. The smallest absolute Gasteiger partial charge is 0.327 e. The number of carbonyl (C=O) groups is 2. The van der Waals surface area contributed by atoms with Crippen molar-refractivity contribution in [1.82, 2.24) is 14.8 Å². The number of oxazole rings is 1. The van der Waals surface area contributed by atoms with Crippen LogP contribution in [-0.2, 0) is 11.3 Å². The molecule has 1 aromatic carbocycles. The summed E-state index contributed by atoms with van der Waals surface area (Å²) in [6.45, 7) is 0.234. The summed E-state index contributed by atoms with van der Waals surface area (Å²) < 4.78 is 18.3. The number of hydrogen-bond donors (Lipinski definition) is 0. The maximum absolute atomic E-state index is 12.9. The summed E-state index contributed by atoms with van der Waals surface area (Å²) in [4.78, 5) is 31.3. The Hall–Kier alpha value is -2.70. The second-order valence-corrected chi connectivity index (χ2v) is 5.77. The summed E-state index contributed by atoms with van der Waals surface area (Å²) in [5.41, 5.74) is 1.13. The Labute approximate surface area is 131 Å². The number of aromatic nitrogens is 1. The molecule has 2 heterocycles. The van der Waals surface area contributed by atoms with E-state index >= 15 is 0 Å². The van der Waals surface area contributed by atoms with Gasteiger partial charge in [0.2, 0.25) is 5.89 Å². The Morgan fingerprint density at radius 2 is 1.96 bits per heavy atom. The van der Waals surface area contributed by atoms with Crippen molar-refractivity contribution in [2.24, 2.45) is 0 Å². The van der Waals surface area contributed by atoms with Gasteiger partial charge in [-0.05, 0) is 37.1 Å². The van der Waals surface area contributed by atoms with Crippen LogP contribution in [0.25, 0.3) is 11.5 Å². The molecule has 6 nitrogen and oxygen atoms in total. The summed E-state index contributed by atoms with van der Waals surface area (Å²) in [6, 6.07) is 5.71. The Morgan fingerprint density at radius 3 is 2.65 bits per heavy atom. The van der Waals surface area contributed by atoms with Gasteiger partial charge in [-0.2, -0.15) is 0 Å². The van der Waals surface area contributed by atoms with Crippen molar-refractivity contribution in [3.05, 3.63) is 42.0 Å². The number of halogens is 1. The first-order valence-electron chi connectivity index (χ1n) is 7.43. The third kappa shape index (κ3) is 2.58. The van der Waals surface area contributed by atoms with Crippen molar-refractivity contribution >= 4 is 11.9 Å². The quantitative estimate of drug-likeness (QED) is 0.813. The molecule has 1 saturated heterocycles. The van der Waals surface area contributed by atoms with Gasteiger partial charge < -0.3 is 9.32 Å². The molecular weight excluding hydrogens is 301 g/mol. The Balaban J connectivity index is 1.50. The lowest BCUT2D eigenvalue weighted by molar-refractivity contribution is -0.125. The van der Waals surface area contributed by atoms with Gasteiger partial charge in [0.15, 0.2) is 0 Å². The molecule has 0 bridgehead atoms. The van der Waals surface area contributed by atoms with Gasteiger partial charge in [0, 0.05) is 11.6 Å². The molecule has 1 saturated carbocycles. The summed E-state index contributed by atoms with van der Waals surface area (Å²) in [7, 11) is 0. The number of carbonyl (C=O) groups excluding carboxylic acids is 2. The highest BCUT2D eigenvalue weighted by atomic mass is 19.1. The third-order valence-electron chi connectivity index (χ3n) is 4.03. The fourth-order valence-corrected chi connectivity index (χ4v) is 2.65. The van der Waals surface area contributed by atoms with E-state index in [1.165, 1.54) is 23.3 Å². The number of benzene rings is 1. The van der Waals surface area contributed by atoms with Crippen LogP contribution >= 0.6 is 0 Å². The highest BCUT2D eigenvalue weighted by molar-refractivity contribution is 6.02. The van der Waals surface area contributed by atoms with Crippen molar-refractivity contribution in [3.8, 4) is 11.5 Å². The molecule has 2 aromatic rings. The van der Waals surface area contributed by atoms with Gasteiger partial charge in [0.25, 0.3) is 5.91 Å². The molecule has 0 N–H and O–H groups in total. The minimum Gasteiger partial charge on any atom is -0.444 e. The Kier molecular flexibility index (Phi) is 3.14. The monoisotopic (exact) mass is 315 g/mol. The van der Waals surface area contributed by atoms with Crippen molar-refractivity contribution in [3.63, 3.8) is 0 Å². The SMILES string of the molecule is O=C1CN(C2CC2)C(=O)N1Cc1coc(-c2ccc(F)cc2)n1. The normalized spacial score (nSPS) is 18.1. The van der Waals surface area contributed by atoms with E-state index in [0.717, 1.165) is 12.8 Å². The molecule has 2 fully saturated rings. The van der Waals surface area contributed by atoms with Gasteiger partial charge in [-0.15, -0.1) is 0 Å². The van der Waals surface area contributed by atoms with Gasteiger partial charge in [0.05, 0.1) is 12.2 Å². The topological polar surface area (TPSA) is 66.7 Å². The second kappa shape index (κ2) is 5.19. The van der Waals surface area contributed by atoms with E-state index in [9.17, 15) is 14.0 Å². The average molecular weight is 315 g/mol. The number of amides is 3. The third-order valence-corrected chi connectivity index (χ3v) is 4.03. The van der Waals surface area contributed by atoms with Crippen LogP contribution in [0.1, 0.15) is 18.5 Å². The van der Waals surface area contributed by atoms with Crippen molar-refractivity contribution < 1.29 is 18.4 Å². The highest BCUT2D eigenvalue weighted by Gasteiger charge is 2.43. The van der Waals surface area contributed by atoms with E-state index in [0.29, 0.717) is 17.1 Å². The number of rotatable bonds is 4. The number of imide groups is 1. The zero-order chi connectivity index (χ0) is 16.0.